The van der Waals surface area contributed by atoms with Gasteiger partial charge < -0.3 is 43.5 Å². The zero-order valence-corrected chi connectivity index (χ0v) is 35.0. The Balaban J connectivity index is 0.717. The molecule has 2 aliphatic rings. The summed E-state index contributed by atoms with van der Waals surface area (Å²) in [6.45, 7) is 5.31. The number of fused-ring (bicyclic) bond motifs is 1. The van der Waals surface area contributed by atoms with Crippen LogP contribution in [0.1, 0.15) is 56.2 Å². The molecule has 332 valence electrons. The Labute approximate surface area is 361 Å². The minimum atomic E-state index is -1.02. The number of aryl methyl sites for hydroxylation is 1. The minimum Gasteiger partial charge on any atom is -0.495 e. The van der Waals surface area contributed by atoms with Crippen LogP contribution in [0.4, 0.5) is 5.69 Å². The van der Waals surface area contributed by atoms with Gasteiger partial charge in [0.05, 0.1) is 102 Å². The first-order valence-electron chi connectivity index (χ1n) is 20.2. The van der Waals surface area contributed by atoms with Crippen molar-refractivity contribution in [3.8, 4) is 17.1 Å². The Hall–Kier alpha value is -5.77. The van der Waals surface area contributed by atoms with Crippen LogP contribution in [-0.4, -0.2) is 147 Å². The standard InChI is InChI=1S/C41H49ClN8O12/c1-56-33-9-7-27(24-30(33)42)37-36(45-26-62-37)39(53)44-11-3-4-28-25-49(48-47-28)13-15-58-17-19-60-21-23-61-22-20-59-18-16-57-14-12-43-31-6-2-5-29-35(31)41(55)50(40(29)54)32-8-10-34(51)46-38(32)52/h2,5-7,9,24-26,32,43H,3-4,8,10-23H2,1H3,(H,44,53)(H,46,51,52). The summed E-state index contributed by atoms with van der Waals surface area (Å²) in [4.78, 5) is 67.8. The molecule has 0 bridgehead atoms. The second-order valence-electron chi connectivity index (χ2n) is 13.9. The maximum absolute atomic E-state index is 13.2. The van der Waals surface area contributed by atoms with E-state index in [1.54, 1.807) is 41.1 Å². The average molecular weight is 881 g/mol. The van der Waals surface area contributed by atoms with E-state index in [1.165, 1.54) is 13.5 Å². The molecule has 0 saturated carbocycles. The second kappa shape index (κ2) is 23.4. The first kappa shape index (κ1) is 45.7. The summed E-state index contributed by atoms with van der Waals surface area (Å²) in [5.74, 6) is -1.71. The van der Waals surface area contributed by atoms with Gasteiger partial charge in [0.2, 0.25) is 11.8 Å². The topological polar surface area (TPSA) is 237 Å². The molecular weight excluding hydrogens is 832 g/mol. The van der Waals surface area contributed by atoms with E-state index >= 15 is 0 Å². The quantitative estimate of drug-likeness (QED) is 0.0577. The van der Waals surface area contributed by atoms with Crippen molar-refractivity contribution in [2.45, 2.75) is 38.3 Å². The number of imide groups is 2. The van der Waals surface area contributed by atoms with Crippen LogP contribution in [0.3, 0.4) is 0 Å². The number of benzene rings is 2. The number of rotatable bonds is 27. The van der Waals surface area contributed by atoms with Crippen LogP contribution >= 0.6 is 11.6 Å². The van der Waals surface area contributed by atoms with Crippen molar-refractivity contribution in [2.24, 2.45) is 0 Å². The summed E-state index contributed by atoms with van der Waals surface area (Å²) in [5.41, 5.74) is 2.47. The highest BCUT2D eigenvalue weighted by Gasteiger charge is 2.45. The van der Waals surface area contributed by atoms with E-state index < -0.39 is 29.7 Å². The molecule has 0 radical (unpaired) electrons. The highest BCUT2D eigenvalue weighted by Crippen LogP contribution is 2.33. The number of oxazole rings is 1. The number of anilines is 1. The highest BCUT2D eigenvalue weighted by atomic mass is 35.5. The van der Waals surface area contributed by atoms with Gasteiger partial charge in [-0.15, -0.1) is 5.10 Å². The summed E-state index contributed by atoms with van der Waals surface area (Å²) < 4.78 is 40.2. The largest absolute Gasteiger partial charge is 0.495 e. The van der Waals surface area contributed by atoms with Crippen molar-refractivity contribution in [2.75, 3.05) is 91.6 Å². The van der Waals surface area contributed by atoms with E-state index in [1.807, 2.05) is 6.20 Å². The van der Waals surface area contributed by atoms with Gasteiger partial charge in [-0.25, -0.2) is 9.67 Å². The van der Waals surface area contributed by atoms with Gasteiger partial charge in [-0.3, -0.25) is 34.2 Å². The SMILES string of the molecule is COc1ccc(-c2ocnc2C(=O)NCCCc2cn(CCOCCOCCOCCOCCOCCNc3cccc4c3C(=O)N(C3CCC(=O)NC3=O)C4=O)nn2)cc1Cl. The Morgan fingerprint density at radius 1 is 0.903 bits per heavy atom. The van der Waals surface area contributed by atoms with Gasteiger partial charge in [0, 0.05) is 37.0 Å². The number of ether oxygens (including phenoxy) is 6. The number of nitrogens with zero attached hydrogens (tertiary/aromatic N) is 5. The maximum Gasteiger partial charge on any atom is 0.273 e. The van der Waals surface area contributed by atoms with Crippen LogP contribution in [0.2, 0.25) is 5.02 Å². The number of hydrogen-bond donors (Lipinski definition) is 3. The van der Waals surface area contributed by atoms with E-state index in [2.05, 4.69) is 31.2 Å². The summed E-state index contributed by atoms with van der Waals surface area (Å²) in [5, 5.41) is 16.9. The number of carbonyl (C=O) groups is 5. The van der Waals surface area contributed by atoms with Crippen molar-refractivity contribution in [1.29, 1.82) is 0 Å². The number of methoxy groups -OCH3 is 1. The molecule has 3 N–H and O–H groups in total. The van der Waals surface area contributed by atoms with Crippen molar-refractivity contribution in [3.63, 3.8) is 0 Å². The molecular formula is C41H49ClN8O12. The number of piperidine rings is 1. The van der Waals surface area contributed by atoms with Crippen LogP contribution in [0, 0.1) is 0 Å². The molecule has 62 heavy (non-hydrogen) atoms. The fourth-order valence-electron chi connectivity index (χ4n) is 6.60. The molecule has 2 aromatic heterocycles. The molecule has 2 aromatic carbocycles. The number of hydrogen-bond acceptors (Lipinski definition) is 16. The molecule has 20 nitrogen and oxygen atoms in total. The lowest BCUT2D eigenvalue weighted by atomic mass is 10.0. The molecule has 1 saturated heterocycles. The monoisotopic (exact) mass is 880 g/mol. The smallest absolute Gasteiger partial charge is 0.273 e. The van der Waals surface area contributed by atoms with E-state index in [0.717, 1.165) is 10.6 Å². The van der Waals surface area contributed by atoms with E-state index in [-0.39, 0.29) is 35.6 Å². The first-order valence-corrected chi connectivity index (χ1v) is 20.5. The lowest BCUT2D eigenvalue weighted by Gasteiger charge is -2.27. The number of amides is 5. The number of halogens is 1. The lowest BCUT2D eigenvalue weighted by Crippen LogP contribution is -2.54. The molecule has 1 atom stereocenters. The van der Waals surface area contributed by atoms with Gasteiger partial charge in [0.1, 0.15) is 11.8 Å². The summed E-state index contributed by atoms with van der Waals surface area (Å²) >= 11 is 6.23. The number of carbonyl (C=O) groups excluding carboxylic acids is 5. The fourth-order valence-corrected chi connectivity index (χ4v) is 6.86. The van der Waals surface area contributed by atoms with Gasteiger partial charge in [-0.2, -0.15) is 0 Å². The van der Waals surface area contributed by atoms with Crippen LogP contribution in [0.5, 0.6) is 5.75 Å². The predicted molar refractivity (Wildman–Crippen MR) is 220 cm³/mol. The summed E-state index contributed by atoms with van der Waals surface area (Å²) in [6, 6.07) is 8.97. The summed E-state index contributed by atoms with van der Waals surface area (Å²) in [6.07, 6.45) is 4.51. The Morgan fingerprint density at radius 3 is 2.31 bits per heavy atom. The predicted octanol–water partition coefficient (Wildman–Crippen LogP) is 2.55. The molecule has 2 aliphatic heterocycles. The molecule has 5 amide bonds. The molecule has 1 unspecified atom stereocenters. The van der Waals surface area contributed by atoms with Crippen molar-refractivity contribution in [3.05, 3.63) is 76.5 Å². The molecule has 4 heterocycles. The van der Waals surface area contributed by atoms with Crippen LogP contribution in [0.15, 0.2) is 53.4 Å². The Kier molecular flexibility index (Phi) is 17.3. The molecule has 6 rings (SSSR count). The fraction of sp³-hybridized carbons (Fsp3) is 0.463. The van der Waals surface area contributed by atoms with Gasteiger partial charge >= 0.3 is 0 Å². The first-order chi connectivity index (χ1) is 30.2. The Bertz CT molecular complexity index is 2160. The third-order valence-corrected chi connectivity index (χ3v) is 9.96. The number of nitrogens with one attached hydrogen (secondary N) is 3. The number of aromatic nitrogens is 4. The summed E-state index contributed by atoms with van der Waals surface area (Å²) in [7, 11) is 1.52. The van der Waals surface area contributed by atoms with Gasteiger partial charge in [-0.05, 0) is 49.6 Å². The van der Waals surface area contributed by atoms with Crippen molar-refractivity contribution >= 4 is 46.8 Å². The lowest BCUT2D eigenvalue weighted by molar-refractivity contribution is -0.136. The molecule has 1 fully saturated rings. The van der Waals surface area contributed by atoms with Gasteiger partial charge in [0.15, 0.2) is 17.8 Å². The molecule has 0 aliphatic carbocycles. The zero-order valence-electron chi connectivity index (χ0n) is 34.2. The van der Waals surface area contributed by atoms with Crippen LogP contribution in [0.25, 0.3) is 11.3 Å². The minimum absolute atomic E-state index is 0.0579. The van der Waals surface area contributed by atoms with E-state index in [0.29, 0.717) is 126 Å². The second-order valence-corrected chi connectivity index (χ2v) is 14.3. The molecule has 0 spiro atoms. The maximum atomic E-state index is 13.2. The zero-order chi connectivity index (χ0) is 43.7. The molecule has 21 heteroatoms. The van der Waals surface area contributed by atoms with Gasteiger partial charge in [0.25, 0.3) is 17.7 Å². The molecule has 4 aromatic rings. The normalized spacial score (nSPS) is 14.9. The van der Waals surface area contributed by atoms with E-state index in [9.17, 15) is 24.0 Å². The van der Waals surface area contributed by atoms with Gasteiger partial charge in [-0.1, -0.05) is 22.9 Å². The highest BCUT2D eigenvalue weighted by molar-refractivity contribution is 6.32. The van der Waals surface area contributed by atoms with Crippen LogP contribution < -0.4 is 20.7 Å². The van der Waals surface area contributed by atoms with Crippen molar-refractivity contribution < 1.29 is 56.8 Å². The average Bonchev–Trinajstić information content (AvgIpc) is 4.01. The van der Waals surface area contributed by atoms with Crippen LogP contribution in [-0.2, 0) is 46.2 Å². The third kappa shape index (κ3) is 12.4. The Morgan fingerprint density at radius 2 is 1.61 bits per heavy atom. The third-order valence-electron chi connectivity index (χ3n) is 9.66. The van der Waals surface area contributed by atoms with E-state index in [4.69, 9.17) is 44.4 Å². The van der Waals surface area contributed by atoms with Crippen molar-refractivity contribution in [1.82, 2.24) is 35.5 Å².